The highest BCUT2D eigenvalue weighted by Gasteiger charge is 2.18. The van der Waals surface area contributed by atoms with E-state index in [1.54, 1.807) is 0 Å². The molecule has 0 fully saturated rings. The second-order valence-electron chi connectivity index (χ2n) is 6.94. The Hall–Kier alpha value is -1.85. The smallest absolute Gasteiger partial charge is 0.240 e. The zero-order chi connectivity index (χ0) is 22.5. The fourth-order valence-electron chi connectivity index (χ4n) is 3.13. The third kappa shape index (κ3) is 5.69. The maximum atomic E-state index is 12.3. The topological polar surface area (TPSA) is 90.5 Å². The van der Waals surface area contributed by atoms with Crippen LogP contribution in [0.1, 0.15) is 27.7 Å². The van der Waals surface area contributed by atoms with E-state index in [0.29, 0.717) is 39.4 Å². The molecule has 0 saturated heterocycles. The molecule has 0 aliphatic heterocycles. The number of rotatable bonds is 10. The zero-order valence-corrected chi connectivity index (χ0v) is 20.5. The van der Waals surface area contributed by atoms with Crippen LogP contribution in [0.15, 0.2) is 6.07 Å². The Bertz CT molecular complexity index is 994. The minimum atomic E-state index is -0.1000. The number of amides is 2. The van der Waals surface area contributed by atoms with Gasteiger partial charge < -0.3 is 10.6 Å². The second kappa shape index (κ2) is 10.6. The van der Waals surface area contributed by atoms with Gasteiger partial charge in [0.05, 0.1) is 27.5 Å². The Kier molecular flexibility index (Phi) is 8.17. The molecule has 3 rings (SSSR count). The lowest BCUT2D eigenvalue weighted by atomic mass is 10.3. The number of aromatic nitrogens is 2. The van der Waals surface area contributed by atoms with E-state index in [2.05, 4.69) is 20.6 Å². The summed E-state index contributed by atoms with van der Waals surface area (Å²) in [5.41, 5.74) is 1.20. The van der Waals surface area contributed by atoms with E-state index in [9.17, 15) is 9.59 Å². The van der Waals surface area contributed by atoms with Crippen molar-refractivity contribution in [2.24, 2.45) is 0 Å². The molecule has 0 aliphatic carbocycles. The van der Waals surface area contributed by atoms with Crippen molar-refractivity contribution in [3.05, 3.63) is 11.1 Å². The SMILES string of the molecule is CCN(CC)CC(=O)Nc1nc2c(Cl)c3nc(NC(=O)CN(CC)CC)sc3cc2s1. The van der Waals surface area contributed by atoms with Crippen LogP contribution < -0.4 is 10.6 Å². The van der Waals surface area contributed by atoms with Crippen LogP contribution in [0.4, 0.5) is 10.3 Å². The van der Waals surface area contributed by atoms with Crippen molar-refractivity contribution in [3.8, 4) is 0 Å². The summed E-state index contributed by atoms with van der Waals surface area (Å²) in [6, 6.07) is 1.95. The molecule has 0 saturated carbocycles. The van der Waals surface area contributed by atoms with Gasteiger partial charge in [-0.2, -0.15) is 0 Å². The minimum Gasteiger partial charge on any atom is -0.301 e. The maximum Gasteiger partial charge on any atom is 0.240 e. The van der Waals surface area contributed by atoms with Gasteiger partial charge in [-0.25, -0.2) is 9.97 Å². The first kappa shape index (κ1) is 23.8. The van der Waals surface area contributed by atoms with E-state index in [1.807, 2.05) is 43.6 Å². The Morgan fingerprint density at radius 1 is 0.839 bits per heavy atom. The molecule has 168 valence electrons. The summed E-state index contributed by atoms with van der Waals surface area (Å²) in [5.74, 6) is -0.200. The highest BCUT2D eigenvalue weighted by atomic mass is 35.5. The number of benzene rings is 1. The molecular formula is C20H27ClN6O2S2. The van der Waals surface area contributed by atoms with Gasteiger partial charge in [-0.05, 0) is 32.2 Å². The molecule has 3 aromatic rings. The lowest BCUT2D eigenvalue weighted by Gasteiger charge is -2.16. The summed E-state index contributed by atoms with van der Waals surface area (Å²) < 4.78 is 1.72. The molecular weight excluding hydrogens is 456 g/mol. The maximum absolute atomic E-state index is 12.3. The molecule has 31 heavy (non-hydrogen) atoms. The normalized spacial score (nSPS) is 11.7. The molecule has 2 aromatic heterocycles. The van der Waals surface area contributed by atoms with Crippen molar-refractivity contribution >= 4 is 76.8 Å². The van der Waals surface area contributed by atoms with Gasteiger partial charge in [0.15, 0.2) is 10.3 Å². The van der Waals surface area contributed by atoms with Crippen LogP contribution in [0.3, 0.4) is 0 Å². The second-order valence-corrected chi connectivity index (χ2v) is 9.38. The largest absolute Gasteiger partial charge is 0.301 e. The summed E-state index contributed by atoms with van der Waals surface area (Å²) in [6.45, 7) is 12.0. The summed E-state index contributed by atoms with van der Waals surface area (Å²) >= 11 is 9.33. The van der Waals surface area contributed by atoms with Crippen molar-refractivity contribution in [1.82, 2.24) is 19.8 Å². The lowest BCUT2D eigenvalue weighted by molar-refractivity contribution is -0.118. The highest BCUT2D eigenvalue weighted by Crippen LogP contribution is 2.39. The van der Waals surface area contributed by atoms with Crippen molar-refractivity contribution in [1.29, 1.82) is 0 Å². The van der Waals surface area contributed by atoms with E-state index in [4.69, 9.17) is 11.6 Å². The van der Waals surface area contributed by atoms with Gasteiger partial charge in [0, 0.05) is 0 Å². The number of carbonyl (C=O) groups excluding carboxylic acids is 2. The van der Waals surface area contributed by atoms with Crippen LogP contribution in [-0.4, -0.2) is 70.9 Å². The molecule has 0 atom stereocenters. The number of hydrogen-bond acceptors (Lipinski definition) is 8. The van der Waals surface area contributed by atoms with Gasteiger partial charge >= 0.3 is 0 Å². The molecule has 0 unspecified atom stereocenters. The minimum absolute atomic E-state index is 0.1000. The Morgan fingerprint density at radius 2 is 1.23 bits per heavy atom. The first-order valence-electron chi connectivity index (χ1n) is 10.3. The number of hydrogen-bond donors (Lipinski definition) is 2. The van der Waals surface area contributed by atoms with E-state index in [1.165, 1.54) is 22.7 Å². The first-order chi connectivity index (χ1) is 14.9. The van der Waals surface area contributed by atoms with E-state index < -0.39 is 0 Å². The van der Waals surface area contributed by atoms with Gasteiger partial charge in [-0.15, -0.1) is 0 Å². The fourth-order valence-corrected chi connectivity index (χ4v) is 5.47. The average molecular weight is 483 g/mol. The highest BCUT2D eigenvalue weighted by molar-refractivity contribution is 7.24. The molecule has 2 heterocycles. The molecule has 1 aromatic carbocycles. The number of anilines is 2. The number of carbonyl (C=O) groups is 2. The number of fused-ring (bicyclic) bond motifs is 2. The summed E-state index contributed by atoms with van der Waals surface area (Å²) in [7, 11) is 0. The fraction of sp³-hybridized carbons (Fsp3) is 0.500. The molecule has 0 radical (unpaired) electrons. The van der Waals surface area contributed by atoms with Crippen LogP contribution in [0.5, 0.6) is 0 Å². The predicted octanol–water partition coefficient (Wildman–Crippen LogP) is 4.12. The number of likely N-dealkylation sites (N-methyl/N-ethyl adjacent to an activating group) is 2. The van der Waals surface area contributed by atoms with E-state index in [-0.39, 0.29) is 11.8 Å². The zero-order valence-electron chi connectivity index (χ0n) is 18.1. The predicted molar refractivity (Wildman–Crippen MR) is 131 cm³/mol. The molecule has 0 bridgehead atoms. The molecule has 8 nitrogen and oxygen atoms in total. The number of nitrogens with one attached hydrogen (secondary N) is 2. The van der Waals surface area contributed by atoms with E-state index >= 15 is 0 Å². The Balaban J connectivity index is 1.78. The quantitative estimate of drug-likeness (QED) is 0.451. The van der Waals surface area contributed by atoms with Crippen LogP contribution >= 0.6 is 34.3 Å². The van der Waals surface area contributed by atoms with Crippen molar-refractivity contribution < 1.29 is 9.59 Å². The van der Waals surface area contributed by atoms with Crippen LogP contribution in [0.2, 0.25) is 5.02 Å². The van der Waals surface area contributed by atoms with E-state index in [0.717, 1.165) is 35.6 Å². The number of halogens is 1. The number of nitrogens with zero attached hydrogens (tertiary/aromatic N) is 4. The van der Waals surface area contributed by atoms with Gasteiger partial charge in [-0.3, -0.25) is 19.4 Å². The summed E-state index contributed by atoms with van der Waals surface area (Å²) in [4.78, 5) is 37.6. The van der Waals surface area contributed by atoms with Gasteiger partial charge in [0.25, 0.3) is 0 Å². The van der Waals surface area contributed by atoms with Crippen LogP contribution in [-0.2, 0) is 9.59 Å². The third-order valence-corrected chi connectivity index (χ3v) is 7.19. The molecule has 0 aliphatic rings. The molecule has 11 heteroatoms. The Morgan fingerprint density at radius 3 is 1.58 bits per heavy atom. The van der Waals surface area contributed by atoms with Crippen LogP contribution in [0, 0.1) is 0 Å². The summed E-state index contributed by atoms with van der Waals surface area (Å²) in [5, 5.41) is 7.17. The van der Waals surface area contributed by atoms with Gasteiger partial charge in [0.1, 0.15) is 11.0 Å². The summed E-state index contributed by atoms with van der Waals surface area (Å²) in [6.07, 6.45) is 0. The van der Waals surface area contributed by atoms with Crippen molar-refractivity contribution in [3.63, 3.8) is 0 Å². The Labute approximate surface area is 194 Å². The van der Waals surface area contributed by atoms with Crippen LogP contribution in [0.25, 0.3) is 20.4 Å². The standard InChI is InChI=1S/C20H27ClN6O2S2/c1-5-26(6-2)10-14(28)22-19-24-17-12(30-19)9-13-18(16(17)21)25-20(31-13)23-15(29)11-27(7-3)8-4/h9H,5-8,10-11H2,1-4H3,(H,22,24,28)(H,23,25,29). The lowest BCUT2D eigenvalue weighted by Crippen LogP contribution is -2.32. The monoisotopic (exact) mass is 482 g/mol. The first-order valence-corrected chi connectivity index (χ1v) is 12.3. The van der Waals surface area contributed by atoms with Gasteiger partial charge in [-0.1, -0.05) is 62.0 Å². The van der Waals surface area contributed by atoms with Gasteiger partial charge in [0.2, 0.25) is 11.8 Å². The van der Waals surface area contributed by atoms with Crippen molar-refractivity contribution in [2.45, 2.75) is 27.7 Å². The number of thiazole rings is 2. The molecule has 2 amide bonds. The van der Waals surface area contributed by atoms with Crippen molar-refractivity contribution in [2.75, 3.05) is 49.9 Å². The molecule has 0 spiro atoms. The molecule has 2 N–H and O–H groups in total. The third-order valence-electron chi connectivity index (χ3n) is 5.00. The average Bonchev–Trinajstić information content (AvgIpc) is 3.33.